The van der Waals surface area contributed by atoms with Gasteiger partial charge in [0, 0.05) is 19.3 Å². The molecule has 1 fully saturated rings. The van der Waals surface area contributed by atoms with E-state index < -0.39 is 11.9 Å². The van der Waals surface area contributed by atoms with Crippen molar-refractivity contribution in [1.82, 2.24) is 9.97 Å². The molecule has 7 heteroatoms. The summed E-state index contributed by atoms with van der Waals surface area (Å²) < 4.78 is 37.7. The van der Waals surface area contributed by atoms with Crippen molar-refractivity contribution in [2.45, 2.75) is 25.4 Å². The van der Waals surface area contributed by atoms with Crippen molar-refractivity contribution in [3.63, 3.8) is 0 Å². The van der Waals surface area contributed by atoms with Crippen molar-refractivity contribution in [2.75, 3.05) is 24.5 Å². The van der Waals surface area contributed by atoms with Gasteiger partial charge in [-0.2, -0.15) is 13.2 Å². The zero-order valence-corrected chi connectivity index (χ0v) is 10.5. The predicted molar refractivity (Wildman–Crippen MR) is 65.6 cm³/mol. The molecule has 0 amide bonds. The minimum Gasteiger partial charge on any atom is -0.341 e. The van der Waals surface area contributed by atoms with Crippen molar-refractivity contribution in [3.8, 4) is 0 Å². The summed E-state index contributed by atoms with van der Waals surface area (Å²) in [5.41, 5.74) is 4.62. The van der Waals surface area contributed by atoms with Crippen molar-refractivity contribution >= 4 is 5.95 Å². The van der Waals surface area contributed by atoms with Crippen LogP contribution < -0.4 is 10.6 Å². The molecule has 2 heterocycles. The van der Waals surface area contributed by atoms with Crippen LogP contribution in [0.4, 0.5) is 19.1 Å². The number of halogens is 3. The van der Waals surface area contributed by atoms with Gasteiger partial charge in [0.2, 0.25) is 5.95 Å². The van der Waals surface area contributed by atoms with Crippen molar-refractivity contribution in [3.05, 3.63) is 18.0 Å². The number of hydrogen-bond acceptors (Lipinski definition) is 4. The molecule has 1 saturated heterocycles. The van der Waals surface area contributed by atoms with Gasteiger partial charge in [0.05, 0.1) is 0 Å². The molecule has 1 aliphatic heterocycles. The Morgan fingerprint density at radius 2 is 2.00 bits per heavy atom. The molecule has 1 aromatic heterocycles. The first kappa shape index (κ1) is 14.0. The standard InChI is InChI=1S/C12H17F3N4/c13-12(14,15)10-2-6-17-11(18-10)19-7-3-9(1-5-16)4-8-19/h2,6,9H,1,3-5,7-8,16H2. The van der Waals surface area contributed by atoms with Gasteiger partial charge in [-0.15, -0.1) is 0 Å². The molecule has 1 aliphatic rings. The SMILES string of the molecule is NCCC1CCN(c2nccc(C(F)(F)F)n2)CC1. The molecule has 106 valence electrons. The number of hydrogen-bond donors (Lipinski definition) is 1. The number of alkyl halides is 3. The Morgan fingerprint density at radius 3 is 2.58 bits per heavy atom. The molecule has 4 nitrogen and oxygen atoms in total. The van der Waals surface area contributed by atoms with Gasteiger partial charge < -0.3 is 10.6 Å². The van der Waals surface area contributed by atoms with Crippen LogP contribution in [0.25, 0.3) is 0 Å². The van der Waals surface area contributed by atoms with E-state index in [4.69, 9.17) is 5.73 Å². The summed E-state index contributed by atoms with van der Waals surface area (Å²) in [6, 6.07) is 0.894. The second-order valence-electron chi connectivity index (χ2n) is 4.75. The second kappa shape index (κ2) is 5.73. The average molecular weight is 274 g/mol. The highest BCUT2D eigenvalue weighted by molar-refractivity contribution is 5.31. The zero-order valence-electron chi connectivity index (χ0n) is 10.5. The minimum atomic E-state index is -4.42. The lowest BCUT2D eigenvalue weighted by Gasteiger charge is -2.32. The fourth-order valence-corrected chi connectivity index (χ4v) is 2.32. The highest BCUT2D eigenvalue weighted by Crippen LogP contribution is 2.29. The van der Waals surface area contributed by atoms with Crippen LogP contribution >= 0.6 is 0 Å². The maximum atomic E-state index is 12.6. The van der Waals surface area contributed by atoms with E-state index >= 15 is 0 Å². The molecular weight excluding hydrogens is 257 g/mol. The molecule has 0 unspecified atom stereocenters. The first-order valence-corrected chi connectivity index (χ1v) is 6.36. The predicted octanol–water partition coefficient (Wildman–Crippen LogP) is 2.06. The number of nitrogens with two attached hydrogens (primary N) is 1. The lowest BCUT2D eigenvalue weighted by atomic mass is 9.94. The summed E-state index contributed by atoms with van der Waals surface area (Å²) in [5, 5.41) is 0. The van der Waals surface area contributed by atoms with Gasteiger partial charge in [0.1, 0.15) is 5.69 Å². The van der Waals surface area contributed by atoms with Crippen molar-refractivity contribution in [1.29, 1.82) is 0 Å². The molecule has 2 rings (SSSR count). The topological polar surface area (TPSA) is 55.0 Å². The maximum Gasteiger partial charge on any atom is 0.433 e. The van der Waals surface area contributed by atoms with E-state index in [2.05, 4.69) is 9.97 Å². The Hall–Kier alpha value is -1.37. The largest absolute Gasteiger partial charge is 0.433 e. The molecule has 0 spiro atoms. The Kier molecular flexibility index (Phi) is 4.24. The smallest absolute Gasteiger partial charge is 0.341 e. The lowest BCUT2D eigenvalue weighted by molar-refractivity contribution is -0.141. The third-order valence-electron chi connectivity index (χ3n) is 3.41. The van der Waals surface area contributed by atoms with Gasteiger partial charge in [-0.25, -0.2) is 9.97 Å². The molecule has 0 aromatic carbocycles. The lowest BCUT2D eigenvalue weighted by Crippen LogP contribution is -2.35. The third kappa shape index (κ3) is 3.56. The van der Waals surface area contributed by atoms with E-state index in [1.807, 2.05) is 4.90 Å². The second-order valence-corrected chi connectivity index (χ2v) is 4.75. The summed E-state index contributed by atoms with van der Waals surface area (Å²) in [6.45, 7) is 2.03. The van der Waals surface area contributed by atoms with Crippen molar-refractivity contribution < 1.29 is 13.2 Å². The monoisotopic (exact) mass is 274 g/mol. The van der Waals surface area contributed by atoms with E-state index in [9.17, 15) is 13.2 Å². The van der Waals surface area contributed by atoms with Crippen LogP contribution in [0.15, 0.2) is 12.3 Å². The fourth-order valence-electron chi connectivity index (χ4n) is 2.32. The summed E-state index contributed by atoms with van der Waals surface area (Å²) in [4.78, 5) is 9.35. The number of rotatable bonds is 3. The summed E-state index contributed by atoms with van der Waals surface area (Å²) in [7, 11) is 0. The number of piperidine rings is 1. The summed E-state index contributed by atoms with van der Waals surface area (Å²) >= 11 is 0. The first-order chi connectivity index (χ1) is 9.00. The Morgan fingerprint density at radius 1 is 1.32 bits per heavy atom. The Bertz CT molecular complexity index is 414. The molecule has 1 aromatic rings. The van der Waals surface area contributed by atoms with Crippen LogP contribution in [-0.4, -0.2) is 29.6 Å². The molecule has 0 aliphatic carbocycles. The number of aromatic nitrogens is 2. The normalized spacial score (nSPS) is 17.8. The highest BCUT2D eigenvalue weighted by atomic mass is 19.4. The molecule has 0 radical (unpaired) electrons. The van der Waals surface area contributed by atoms with E-state index in [-0.39, 0.29) is 5.95 Å². The van der Waals surface area contributed by atoms with E-state index in [0.717, 1.165) is 31.5 Å². The maximum absolute atomic E-state index is 12.6. The van der Waals surface area contributed by atoms with Gasteiger partial charge >= 0.3 is 6.18 Å². The van der Waals surface area contributed by atoms with Crippen LogP contribution in [0, 0.1) is 5.92 Å². The molecule has 2 N–H and O–H groups in total. The number of anilines is 1. The van der Waals surface area contributed by atoms with Crippen LogP contribution in [-0.2, 0) is 6.18 Å². The summed E-state index contributed by atoms with van der Waals surface area (Å²) in [5.74, 6) is 0.730. The zero-order chi connectivity index (χ0) is 13.9. The van der Waals surface area contributed by atoms with Crippen LogP contribution in [0.5, 0.6) is 0 Å². The molecule has 0 bridgehead atoms. The molecule has 0 atom stereocenters. The van der Waals surface area contributed by atoms with Crippen LogP contribution in [0.1, 0.15) is 25.0 Å². The molecular formula is C12H17F3N4. The van der Waals surface area contributed by atoms with Gasteiger partial charge in [-0.3, -0.25) is 0 Å². The molecule has 19 heavy (non-hydrogen) atoms. The fraction of sp³-hybridized carbons (Fsp3) is 0.667. The Balaban J connectivity index is 2.03. The molecule has 0 saturated carbocycles. The number of nitrogens with zero attached hydrogens (tertiary/aromatic N) is 3. The Labute approximate surface area is 109 Å². The van der Waals surface area contributed by atoms with E-state index in [1.54, 1.807) is 0 Å². The minimum absolute atomic E-state index is 0.168. The van der Waals surface area contributed by atoms with Gasteiger partial charge in [-0.1, -0.05) is 0 Å². The van der Waals surface area contributed by atoms with Gasteiger partial charge in [-0.05, 0) is 37.8 Å². The van der Waals surface area contributed by atoms with E-state index in [0.29, 0.717) is 25.6 Å². The van der Waals surface area contributed by atoms with Crippen LogP contribution in [0.3, 0.4) is 0 Å². The van der Waals surface area contributed by atoms with Gasteiger partial charge in [0.25, 0.3) is 0 Å². The quantitative estimate of drug-likeness (QED) is 0.916. The van der Waals surface area contributed by atoms with Gasteiger partial charge in [0.15, 0.2) is 0 Å². The first-order valence-electron chi connectivity index (χ1n) is 6.36. The van der Waals surface area contributed by atoms with Crippen molar-refractivity contribution in [2.24, 2.45) is 11.7 Å². The highest BCUT2D eigenvalue weighted by Gasteiger charge is 2.33. The average Bonchev–Trinajstić information content (AvgIpc) is 2.39. The van der Waals surface area contributed by atoms with Crippen LogP contribution in [0.2, 0.25) is 0 Å². The third-order valence-corrected chi connectivity index (χ3v) is 3.41. The summed E-state index contributed by atoms with van der Waals surface area (Å²) in [6.07, 6.45) is -0.433. The van der Waals surface area contributed by atoms with E-state index in [1.165, 1.54) is 0 Å².